The smallest absolute Gasteiger partial charge is 0.254 e. The molecule has 0 heterocycles. The Morgan fingerprint density at radius 1 is 0.833 bits per heavy atom. The van der Waals surface area contributed by atoms with Crippen LogP contribution in [-0.4, -0.2) is 17.7 Å². The number of rotatable bonds is 3. The van der Waals surface area contributed by atoms with Crippen LogP contribution in [0.3, 0.4) is 0 Å². The fourth-order valence-corrected chi connectivity index (χ4v) is 0.614. The van der Waals surface area contributed by atoms with E-state index < -0.39 is 23.3 Å². The Labute approximate surface area is 68.4 Å². The van der Waals surface area contributed by atoms with Gasteiger partial charge in [0, 0.05) is 5.57 Å². The Balaban J connectivity index is 5.23. The van der Waals surface area contributed by atoms with Crippen LogP contribution in [0.25, 0.3) is 0 Å². The number of amides is 3. The first-order valence-electron chi connectivity index (χ1n) is 2.98. The standard InChI is InChI=1S/C6H9N3O3/c1-2(4(7)10)3(5(8)11)6(9)12/h1H3,(H2,7,10)(H2,8,11)(H2,9,12). The average molecular weight is 171 g/mol. The van der Waals surface area contributed by atoms with Gasteiger partial charge in [-0.2, -0.15) is 0 Å². The summed E-state index contributed by atoms with van der Waals surface area (Å²) in [6, 6.07) is 0. The highest BCUT2D eigenvalue weighted by Crippen LogP contribution is 2.01. The quantitative estimate of drug-likeness (QED) is 0.252. The van der Waals surface area contributed by atoms with Crippen molar-refractivity contribution in [2.75, 3.05) is 0 Å². The molecule has 66 valence electrons. The van der Waals surface area contributed by atoms with E-state index in [1.807, 2.05) is 0 Å². The van der Waals surface area contributed by atoms with Gasteiger partial charge < -0.3 is 17.2 Å². The third-order valence-corrected chi connectivity index (χ3v) is 1.24. The van der Waals surface area contributed by atoms with Crippen molar-refractivity contribution >= 4 is 17.7 Å². The van der Waals surface area contributed by atoms with Gasteiger partial charge >= 0.3 is 0 Å². The second-order valence-electron chi connectivity index (χ2n) is 2.09. The van der Waals surface area contributed by atoms with E-state index >= 15 is 0 Å². The van der Waals surface area contributed by atoms with Gasteiger partial charge in [0.2, 0.25) is 5.91 Å². The zero-order valence-electron chi connectivity index (χ0n) is 6.46. The second kappa shape index (κ2) is 3.51. The summed E-state index contributed by atoms with van der Waals surface area (Å²) in [5.41, 5.74) is 13.6. The lowest BCUT2D eigenvalue weighted by Crippen LogP contribution is -2.30. The molecule has 0 aliphatic carbocycles. The minimum atomic E-state index is -1.06. The zero-order chi connectivity index (χ0) is 9.89. The summed E-state index contributed by atoms with van der Waals surface area (Å²) in [6.07, 6.45) is 0. The van der Waals surface area contributed by atoms with Crippen LogP contribution < -0.4 is 17.2 Å². The van der Waals surface area contributed by atoms with Gasteiger partial charge in [-0.25, -0.2) is 0 Å². The molecule has 0 atom stereocenters. The fourth-order valence-electron chi connectivity index (χ4n) is 0.614. The second-order valence-corrected chi connectivity index (χ2v) is 2.09. The summed E-state index contributed by atoms with van der Waals surface area (Å²) in [5, 5.41) is 0. The predicted molar refractivity (Wildman–Crippen MR) is 40.3 cm³/mol. The van der Waals surface area contributed by atoms with Crippen LogP contribution in [0.2, 0.25) is 0 Å². The minimum absolute atomic E-state index is 0.227. The number of carbonyl (C=O) groups excluding carboxylic acids is 3. The molecule has 6 N–H and O–H groups in total. The number of carbonyl (C=O) groups is 3. The van der Waals surface area contributed by atoms with Crippen LogP contribution in [0.15, 0.2) is 11.1 Å². The Morgan fingerprint density at radius 2 is 1.17 bits per heavy atom. The molecule has 0 spiro atoms. The van der Waals surface area contributed by atoms with Gasteiger partial charge in [-0.15, -0.1) is 0 Å². The molecule has 3 amide bonds. The third kappa shape index (κ3) is 2.08. The topological polar surface area (TPSA) is 129 Å². The fraction of sp³-hybridized carbons (Fsp3) is 0.167. The number of nitrogens with two attached hydrogens (primary N) is 3. The SMILES string of the molecule is CC(C(N)=O)=C(C(N)=O)C(N)=O. The van der Waals surface area contributed by atoms with Crippen molar-refractivity contribution in [1.82, 2.24) is 0 Å². The minimum Gasteiger partial charge on any atom is -0.366 e. The van der Waals surface area contributed by atoms with Crippen LogP contribution >= 0.6 is 0 Å². The van der Waals surface area contributed by atoms with Crippen molar-refractivity contribution in [2.45, 2.75) is 6.92 Å². The van der Waals surface area contributed by atoms with Crippen molar-refractivity contribution in [3.05, 3.63) is 11.1 Å². The molecular formula is C6H9N3O3. The maximum absolute atomic E-state index is 10.5. The Morgan fingerprint density at radius 3 is 1.25 bits per heavy atom. The lowest BCUT2D eigenvalue weighted by atomic mass is 10.1. The van der Waals surface area contributed by atoms with Gasteiger partial charge in [-0.1, -0.05) is 0 Å². The van der Waals surface area contributed by atoms with Crippen LogP contribution in [0.4, 0.5) is 0 Å². The molecule has 6 nitrogen and oxygen atoms in total. The van der Waals surface area contributed by atoms with Crippen LogP contribution in [-0.2, 0) is 14.4 Å². The van der Waals surface area contributed by atoms with Crippen LogP contribution in [0.1, 0.15) is 6.92 Å². The summed E-state index contributed by atoms with van der Waals surface area (Å²) in [6.45, 7) is 1.20. The number of hydrogen-bond donors (Lipinski definition) is 3. The molecule has 0 aromatic heterocycles. The number of hydrogen-bond acceptors (Lipinski definition) is 3. The van der Waals surface area contributed by atoms with E-state index in [1.54, 1.807) is 0 Å². The molecule has 0 rings (SSSR count). The highest BCUT2D eigenvalue weighted by molar-refractivity contribution is 6.21. The van der Waals surface area contributed by atoms with E-state index in [1.165, 1.54) is 6.92 Å². The molecule has 0 aromatic carbocycles. The van der Waals surface area contributed by atoms with Gasteiger partial charge in [0.15, 0.2) is 0 Å². The molecule has 12 heavy (non-hydrogen) atoms. The van der Waals surface area contributed by atoms with Crippen molar-refractivity contribution in [3.63, 3.8) is 0 Å². The lowest BCUT2D eigenvalue weighted by Gasteiger charge is -2.00. The Hall–Kier alpha value is -1.85. The van der Waals surface area contributed by atoms with Gasteiger partial charge in [-0.3, -0.25) is 14.4 Å². The van der Waals surface area contributed by atoms with Gasteiger partial charge in [0.25, 0.3) is 11.8 Å². The van der Waals surface area contributed by atoms with E-state index in [0.29, 0.717) is 0 Å². The van der Waals surface area contributed by atoms with Crippen LogP contribution in [0.5, 0.6) is 0 Å². The Kier molecular flexibility index (Phi) is 2.97. The van der Waals surface area contributed by atoms with Crippen LogP contribution in [0, 0.1) is 0 Å². The summed E-state index contributed by atoms with van der Waals surface area (Å²) in [5.74, 6) is -3.01. The average Bonchev–Trinajstić information content (AvgIpc) is 1.85. The van der Waals surface area contributed by atoms with Gasteiger partial charge in [-0.05, 0) is 6.92 Å². The van der Waals surface area contributed by atoms with E-state index in [2.05, 4.69) is 0 Å². The predicted octanol–water partition coefficient (Wildman–Crippen LogP) is -2.24. The highest BCUT2D eigenvalue weighted by Gasteiger charge is 2.18. The lowest BCUT2D eigenvalue weighted by molar-refractivity contribution is -0.122. The van der Waals surface area contributed by atoms with Gasteiger partial charge in [0.1, 0.15) is 5.57 Å². The Bertz CT molecular complexity index is 264. The van der Waals surface area contributed by atoms with Crippen molar-refractivity contribution < 1.29 is 14.4 Å². The molecule has 0 aromatic rings. The normalized spacial score (nSPS) is 8.75. The monoisotopic (exact) mass is 171 g/mol. The highest BCUT2D eigenvalue weighted by atomic mass is 16.2. The first-order chi connectivity index (χ1) is 5.37. The molecule has 0 saturated carbocycles. The molecule has 0 aliphatic rings. The summed E-state index contributed by atoms with van der Waals surface area (Å²) >= 11 is 0. The number of primary amides is 3. The molecular weight excluding hydrogens is 162 g/mol. The van der Waals surface area contributed by atoms with Crippen molar-refractivity contribution in [1.29, 1.82) is 0 Å². The largest absolute Gasteiger partial charge is 0.366 e. The van der Waals surface area contributed by atoms with E-state index in [0.717, 1.165) is 0 Å². The van der Waals surface area contributed by atoms with E-state index in [-0.39, 0.29) is 5.57 Å². The van der Waals surface area contributed by atoms with E-state index in [4.69, 9.17) is 17.2 Å². The molecule has 0 radical (unpaired) electrons. The summed E-state index contributed by atoms with van der Waals surface area (Å²) < 4.78 is 0. The summed E-state index contributed by atoms with van der Waals surface area (Å²) in [4.78, 5) is 31.6. The first-order valence-corrected chi connectivity index (χ1v) is 2.98. The molecule has 0 aliphatic heterocycles. The maximum Gasteiger partial charge on any atom is 0.254 e. The first kappa shape index (κ1) is 10.2. The third-order valence-electron chi connectivity index (χ3n) is 1.24. The maximum atomic E-state index is 10.5. The molecule has 6 heteroatoms. The molecule has 0 bridgehead atoms. The summed E-state index contributed by atoms with van der Waals surface area (Å²) in [7, 11) is 0. The zero-order valence-corrected chi connectivity index (χ0v) is 6.46. The molecule has 0 fully saturated rings. The molecule has 0 saturated heterocycles. The van der Waals surface area contributed by atoms with Gasteiger partial charge in [0.05, 0.1) is 0 Å². The van der Waals surface area contributed by atoms with E-state index in [9.17, 15) is 14.4 Å². The molecule has 0 unspecified atom stereocenters. The van der Waals surface area contributed by atoms with Crippen molar-refractivity contribution in [3.8, 4) is 0 Å². The van der Waals surface area contributed by atoms with Crippen molar-refractivity contribution in [2.24, 2.45) is 17.2 Å².